The highest BCUT2D eigenvalue weighted by Crippen LogP contribution is 2.31. The SMILES string of the molecule is Cc1ccc(C2(C)CCCN2)cc1C. The van der Waals surface area contributed by atoms with Crippen molar-refractivity contribution < 1.29 is 0 Å². The Hall–Kier alpha value is -0.820. The summed E-state index contributed by atoms with van der Waals surface area (Å²) in [6.07, 6.45) is 2.55. The third-order valence-electron chi connectivity index (χ3n) is 3.51. The summed E-state index contributed by atoms with van der Waals surface area (Å²) in [5, 5.41) is 3.60. The molecule has 1 heteroatoms. The van der Waals surface area contributed by atoms with Crippen LogP contribution in [0.15, 0.2) is 18.2 Å². The lowest BCUT2D eigenvalue weighted by atomic mass is 9.89. The molecule has 1 aliphatic rings. The first-order valence-corrected chi connectivity index (χ1v) is 5.45. The van der Waals surface area contributed by atoms with Gasteiger partial charge in [-0.25, -0.2) is 0 Å². The molecular weight excluding hydrogens is 170 g/mol. The molecule has 1 unspecified atom stereocenters. The van der Waals surface area contributed by atoms with Gasteiger partial charge < -0.3 is 5.32 Å². The Labute approximate surface area is 86.5 Å². The molecule has 0 bridgehead atoms. The van der Waals surface area contributed by atoms with E-state index in [0.29, 0.717) is 0 Å². The van der Waals surface area contributed by atoms with E-state index in [0.717, 1.165) is 6.54 Å². The summed E-state index contributed by atoms with van der Waals surface area (Å²) in [5.74, 6) is 0. The molecule has 0 amide bonds. The molecule has 0 aromatic heterocycles. The summed E-state index contributed by atoms with van der Waals surface area (Å²) < 4.78 is 0. The third kappa shape index (κ3) is 1.57. The lowest BCUT2D eigenvalue weighted by molar-refractivity contribution is 0.434. The summed E-state index contributed by atoms with van der Waals surface area (Å²) in [4.78, 5) is 0. The number of nitrogens with one attached hydrogen (secondary N) is 1. The maximum atomic E-state index is 3.60. The number of hydrogen-bond acceptors (Lipinski definition) is 1. The first-order chi connectivity index (χ1) is 6.62. The lowest BCUT2D eigenvalue weighted by Gasteiger charge is -2.25. The van der Waals surface area contributed by atoms with Gasteiger partial charge in [-0.05, 0) is 56.8 Å². The second-order valence-electron chi connectivity index (χ2n) is 4.66. The van der Waals surface area contributed by atoms with Crippen LogP contribution in [0, 0.1) is 13.8 Å². The molecule has 14 heavy (non-hydrogen) atoms. The Balaban J connectivity index is 2.36. The van der Waals surface area contributed by atoms with Crippen LogP contribution in [0.3, 0.4) is 0 Å². The van der Waals surface area contributed by atoms with Crippen LogP contribution in [-0.2, 0) is 5.54 Å². The quantitative estimate of drug-likeness (QED) is 0.716. The standard InChI is InChI=1S/C13H19N/c1-10-5-6-12(9-11(10)2)13(3)7-4-8-14-13/h5-6,9,14H,4,7-8H2,1-3H3. The fourth-order valence-electron chi connectivity index (χ4n) is 2.23. The Morgan fingerprint density at radius 1 is 1.21 bits per heavy atom. The zero-order valence-electron chi connectivity index (χ0n) is 9.35. The van der Waals surface area contributed by atoms with E-state index in [9.17, 15) is 0 Å². The van der Waals surface area contributed by atoms with Gasteiger partial charge in [0.1, 0.15) is 0 Å². The van der Waals surface area contributed by atoms with Crippen molar-refractivity contribution in [3.63, 3.8) is 0 Å². The maximum Gasteiger partial charge on any atom is 0.0406 e. The summed E-state index contributed by atoms with van der Waals surface area (Å²) in [5.41, 5.74) is 4.45. The molecule has 1 atom stereocenters. The van der Waals surface area contributed by atoms with Crippen molar-refractivity contribution in [3.05, 3.63) is 34.9 Å². The van der Waals surface area contributed by atoms with Crippen LogP contribution >= 0.6 is 0 Å². The van der Waals surface area contributed by atoms with Crippen LogP contribution in [0.4, 0.5) is 0 Å². The van der Waals surface area contributed by atoms with Gasteiger partial charge in [0.05, 0.1) is 0 Å². The van der Waals surface area contributed by atoms with Crippen molar-refractivity contribution in [3.8, 4) is 0 Å². The molecule has 76 valence electrons. The third-order valence-corrected chi connectivity index (χ3v) is 3.51. The molecule has 0 aliphatic carbocycles. The van der Waals surface area contributed by atoms with Crippen molar-refractivity contribution in [2.75, 3.05) is 6.54 Å². The van der Waals surface area contributed by atoms with E-state index >= 15 is 0 Å². The van der Waals surface area contributed by atoms with E-state index in [1.165, 1.54) is 29.5 Å². The zero-order chi connectivity index (χ0) is 10.2. The molecule has 1 aliphatic heterocycles. The molecule has 1 fully saturated rings. The molecule has 1 saturated heterocycles. The minimum absolute atomic E-state index is 0.221. The molecule has 1 aromatic carbocycles. The second-order valence-corrected chi connectivity index (χ2v) is 4.66. The van der Waals surface area contributed by atoms with E-state index in [2.05, 4.69) is 44.3 Å². The average molecular weight is 189 g/mol. The van der Waals surface area contributed by atoms with E-state index in [1.807, 2.05) is 0 Å². The minimum atomic E-state index is 0.221. The van der Waals surface area contributed by atoms with Crippen LogP contribution in [-0.4, -0.2) is 6.54 Å². The van der Waals surface area contributed by atoms with Crippen LogP contribution in [0.1, 0.15) is 36.5 Å². The first kappa shape index (κ1) is 9.72. The van der Waals surface area contributed by atoms with Crippen molar-refractivity contribution in [2.45, 2.75) is 39.2 Å². The summed E-state index contributed by atoms with van der Waals surface area (Å²) >= 11 is 0. The summed E-state index contributed by atoms with van der Waals surface area (Å²) in [7, 11) is 0. The van der Waals surface area contributed by atoms with Gasteiger partial charge in [-0.2, -0.15) is 0 Å². The topological polar surface area (TPSA) is 12.0 Å². The molecule has 0 spiro atoms. The fourth-order valence-corrected chi connectivity index (χ4v) is 2.23. The second kappa shape index (κ2) is 3.39. The average Bonchev–Trinajstić information content (AvgIpc) is 2.58. The predicted octanol–water partition coefficient (Wildman–Crippen LogP) is 2.90. The van der Waals surface area contributed by atoms with Crippen molar-refractivity contribution in [2.24, 2.45) is 0 Å². The van der Waals surface area contributed by atoms with Crippen molar-refractivity contribution in [1.82, 2.24) is 5.32 Å². The molecule has 1 aromatic rings. The smallest absolute Gasteiger partial charge is 0.0406 e. The Morgan fingerprint density at radius 2 is 2.00 bits per heavy atom. The maximum absolute atomic E-state index is 3.60. The van der Waals surface area contributed by atoms with Crippen molar-refractivity contribution >= 4 is 0 Å². The van der Waals surface area contributed by atoms with E-state index in [-0.39, 0.29) is 5.54 Å². The Morgan fingerprint density at radius 3 is 2.57 bits per heavy atom. The number of rotatable bonds is 1. The molecule has 1 nitrogen and oxygen atoms in total. The predicted molar refractivity (Wildman–Crippen MR) is 60.5 cm³/mol. The van der Waals surface area contributed by atoms with Gasteiger partial charge in [-0.1, -0.05) is 18.2 Å². The zero-order valence-corrected chi connectivity index (χ0v) is 9.35. The highest BCUT2D eigenvalue weighted by molar-refractivity contribution is 5.34. The van der Waals surface area contributed by atoms with Gasteiger partial charge in [0.15, 0.2) is 0 Å². The highest BCUT2D eigenvalue weighted by Gasteiger charge is 2.29. The van der Waals surface area contributed by atoms with Gasteiger partial charge >= 0.3 is 0 Å². The van der Waals surface area contributed by atoms with Gasteiger partial charge in [0.25, 0.3) is 0 Å². The highest BCUT2D eigenvalue weighted by atomic mass is 15.0. The van der Waals surface area contributed by atoms with E-state index < -0.39 is 0 Å². The van der Waals surface area contributed by atoms with Crippen LogP contribution in [0.2, 0.25) is 0 Å². The van der Waals surface area contributed by atoms with Crippen molar-refractivity contribution in [1.29, 1.82) is 0 Å². The van der Waals surface area contributed by atoms with Gasteiger partial charge in [-0.15, -0.1) is 0 Å². The fraction of sp³-hybridized carbons (Fsp3) is 0.538. The normalized spacial score (nSPS) is 26.8. The monoisotopic (exact) mass is 189 g/mol. The molecule has 0 radical (unpaired) electrons. The summed E-state index contributed by atoms with van der Waals surface area (Å²) in [6.45, 7) is 7.83. The lowest BCUT2D eigenvalue weighted by Crippen LogP contribution is -2.33. The van der Waals surface area contributed by atoms with E-state index in [4.69, 9.17) is 0 Å². The van der Waals surface area contributed by atoms with Crippen LogP contribution in [0.25, 0.3) is 0 Å². The Bertz CT molecular complexity index is 335. The largest absolute Gasteiger partial charge is 0.308 e. The van der Waals surface area contributed by atoms with E-state index in [1.54, 1.807) is 0 Å². The molecule has 1 heterocycles. The number of benzene rings is 1. The van der Waals surface area contributed by atoms with Crippen LogP contribution in [0.5, 0.6) is 0 Å². The molecule has 1 N–H and O–H groups in total. The number of aryl methyl sites for hydroxylation is 2. The first-order valence-electron chi connectivity index (χ1n) is 5.45. The molecular formula is C13H19N. The Kier molecular flexibility index (Phi) is 2.36. The minimum Gasteiger partial charge on any atom is -0.308 e. The number of hydrogen-bond donors (Lipinski definition) is 1. The summed E-state index contributed by atoms with van der Waals surface area (Å²) in [6, 6.07) is 6.82. The molecule has 2 rings (SSSR count). The van der Waals surface area contributed by atoms with Gasteiger partial charge in [0.2, 0.25) is 0 Å². The molecule has 0 saturated carbocycles. The van der Waals surface area contributed by atoms with Gasteiger partial charge in [0, 0.05) is 5.54 Å². The van der Waals surface area contributed by atoms with Crippen LogP contribution < -0.4 is 5.32 Å². The van der Waals surface area contributed by atoms with Gasteiger partial charge in [-0.3, -0.25) is 0 Å².